The zero-order valence-electron chi connectivity index (χ0n) is 12.7. The first-order valence-corrected chi connectivity index (χ1v) is 8.09. The molecule has 0 saturated carbocycles. The topological polar surface area (TPSA) is 38.1 Å². The first kappa shape index (κ1) is 15.1. The molecule has 3 rings (SSSR count). The SMILES string of the molecule is CCn1cc(C(=O)N2CCC(Cc3ccc(Cl)cc3)C2)cn1. The van der Waals surface area contributed by atoms with Crippen molar-refractivity contribution in [1.29, 1.82) is 0 Å². The van der Waals surface area contributed by atoms with E-state index in [-0.39, 0.29) is 5.91 Å². The van der Waals surface area contributed by atoms with Gasteiger partial charge in [0.25, 0.3) is 5.91 Å². The Kier molecular flexibility index (Phi) is 4.48. The minimum atomic E-state index is 0.0957. The standard InChI is InChI=1S/C17H20ClN3O/c1-2-21-12-15(10-19-21)17(22)20-8-7-14(11-20)9-13-3-5-16(18)6-4-13/h3-6,10,12,14H,2,7-9,11H2,1H3. The summed E-state index contributed by atoms with van der Waals surface area (Å²) in [6, 6.07) is 7.98. The van der Waals surface area contributed by atoms with Crippen LogP contribution in [-0.4, -0.2) is 33.7 Å². The Bertz CT molecular complexity index is 650. The fraction of sp³-hybridized carbons (Fsp3) is 0.412. The van der Waals surface area contributed by atoms with E-state index in [2.05, 4.69) is 17.2 Å². The van der Waals surface area contributed by atoms with Gasteiger partial charge in [-0.3, -0.25) is 9.48 Å². The summed E-state index contributed by atoms with van der Waals surface area (Å²) in [7, 11) is 0. The Labute approximate surface area is 135 Å². The van der Waals surface area contributed by atoms with Gasteiger partial charge in [0, 0.05) is 30.9 Å². The number of amides is 1. The maximum absolute atomic E-state index is 12.5. The van der Waals surface area contributed by atoms with Crippen LogP contribution in [-0.2, 0) is 13.0 Å². The van der Waals surface area contributed by atoms with Crippen molar-refractivity contribution in [2.45, 2.75) is 26.3 Å². The minimum absolute atomic E-state index is 0.0957. The number of aromatic nitrogens is 2. The van der Waals surface area contributed by atoms with E-state index in [4.69, 9.17) is 11.6 Å². The normalized spacial score (nSPS) is 17.9. The Morgan fingerprint density at radius 3 is 2.82 bits per heavy atom. The summed E-state index contributed by atoms with van der Waals surface area (Å²) >= 11 is 5.91. The molecule has 0 spiro atoms. The molecule has 1 aromatic heterocycles. The minimum Gasteiger partial charge on any atom is -0.338 e. The number of aryl methyl sites for hydroxylation is 1. The second-order valence-electron chi connectivity index (χ2n) is 5.82. The molecule has 2 aromatic rings. The molecule has 0 radical (unpaired) electrons. The number of nitrogens with zero attached hydrogens (tertiary/aromatic N) is 3. The molecular weight excluding hydrogens is 298 g/mol. The van der Waals surface area contributed by atoms with Crippen molar-refractivity contribution >= 4 is 17.5 Å². The van der Waals surface area contributed by atoms with Gasteiger partial charge in [0.05, 0.1) is 11.8 Å². The molecule has 1 aliphatic rings. The fourth-order valence-corrected chi connectivity index (χ4v) is 3.09. The first-order chi connectivity index (χ1) is 10.7. The van der Waals surface area contributed by atoms with Crippen molar-refractivity contribution < 1.29 is 4.79 Å². The predicted octanol–water partition coefficient (Wildman–Crippen LogP) is 3.26. The monoisotopic (exact) mass is 317 g/mol. The maximum Gasteiger partial charge on any atom is 0.257 e. The number of carbonyl (C=O) groups excluding carboxylic acids is 1. The van der Waals surface area contributed by atoms with E-state index in [0.29, 0.717) is 11.5 Å². The van der Waals surface area contributed by atoms with Crippen LogP contribution in [0.5, 0.6) is 0 Å². The molecule has 1 amide bonds. The second kappa shape index (κ2) is 6.53. The van der Waals surface area contributed by atoms with Crippen LogP contribution >= 0.6 is 11.6 Å². The van der Waals surface area contributed by atoms with Gasteiger partial charge in [0.1, 0.15) is 0 Å². The lowest BCUT2D eigenvalue weighted by molar-refractivity contribution is 0.0787. The van der Waals surface area contributed by atoms with Crippen LogP contribution in [0.2, 0.25) is 5.02 Å². The third kappa shape index (κ3) is 3.33. The number of rotatable bonds is 4. The van der Waals surface area contributed by atoms with Crippen molar-refractivity contribution in [3.63, 3.8) is 0 Å². The Hall–Kier alpha value is -1.81. The zero-order chi connectivity index (χ0) is 15.5. The highest BCUT2D eigenvalue weighted by molar-refractivity contribution is 6.30. The molecule has 2 heterocycles. The summed E-state index contributed by atoms with van der Waals surface area (Å²) in [6.07, 6.45) is 5.54. The predicted molar refractivity (Wildman–Crippen MR) is 87.1 cm³/mol. The van der Waals surface area contributed by atoms with Crippen molar-refractivity contribution in [1.82, 2.24) is 14.7 Å². The van der Waals surface area contributed by atoms with Gasteiger partial charge in [-0.05, 0) is 43.4 Å². The Balaban J connectivity index is 1.59. The van der Waals surface area contributed by atoms with Crippen LogP contribution in [0.25, 0.3) is 0 Å². The summed E-state index contributed by atoms with van der Waals surface area (Å²) in [5, 5.41) is 4.94. The Morgan fingerprint density at radius 1 is 1.36 bits per heavy atom. The van der Waals surface area contributed by atoms with E-state index in [1.54, 1.807) is 10.9 Å². The van der Waals surface area contributed by atoms with E-state index < -0.39 is 0 Å². The molecule has 1 saturated heterocycles. The lowest BCUT2D eigenvalue weighted by Crippen LogP contribution is -2.28. The van der Waals surface area contributed by atoms with Gasteiger partial charge < -0.3 is 4.90 Å². The summed E-state index contributed by atoms with van der Waals surface area (Å²) in [4.78, 5) is 14.4. The first-order valence-electron chi connectivity index (χ1n) is 7.72. The third-order valence-corrected chi connectivity index (χ3v) is 4.47. The highest BCUT2D eigenvalue weighted by Crippen LogP contribution is 2.23. The lowest BCUT2D eigenvalue weighted by atomic mass is 9.99. The van der Waals surface area contributed by atoms with E-state index in [1.165, 1.54) is 5.56 Å². The van der Waals surface area contributed by atoms with Gasteiger partial charge in [0.2, 0.25) is 0 Å². The van der Waals surface area contributed by atoms with E-state index in [0.717, 1.165) is 37.5 Å². The smallest absolute Gasteiger partial charge is 0.257 e. The van der Waals surface area contributed by atoms with Gasteiger partial charge in [-0.1, -0.05) is 23.7 Å². The van der Waals surface area contributed by atoms with Crippen molar-refractivity contribution in [2.24, 2.45) is 5.92 Å². The van der Waals surface area contributed by atoms with E-state index in [9.17, 15) is 4.79 Å². The second-order valence-corrected chi connectivity index (χ2v) is 6.26. The van der Waals surface area contributed by atoms with Gasteiger partial charge in [-0.15, -0.1) is 0 Å². The van der Waals surface area contributed by atoms with Crippen molar-refractivity contribution in [2.75, 3.05) is 13.1 Å². The number of carbonyl (C=O) groups is 1. The molecule has 0 N–H and O–H groups in total. The number of halogens is 1. The molecule has 1 fully saturated rings. The molecule has 22 heavy (non-hydrogen) atoms. The van der Waals surface area contributed by atoms with Crippen molar-refractivity contribution in [3.05, 3.63) is 52.8 Å². The van der Waals surface area contributed by atoms with Crippen LogP contribution in [0.3, 0.4) is 0 Å². The average molecular weight is 318 g/mol. The summed E-state index contributed by atoms with van der Waals surface area (Å²) in [6.45, 7) is 4.44. The number of hydrogen-bond acceptors (Lipinski definition) is 2. The highest BCUT2D eigenvalue weighted by atomic mass is 35.5. The molecule has 0 aliphatic carbocycles. The highest BCUT2D eigenvalue weighted by Gasteiger charge is 2.27. The average Bonchev–Trinajstić information content (AvgIpc) is 3.18. The van der Waals surface area contributed by atoms with Crippen LogP contribution in [0, 0.1) is 5.92 Å². The fourth-order valence-electron chi connectivity index (χ4n) is 2.97. The molecule has 1 atom stereocenters. The van der Waals surface area contributed by atoms with Gasteiger partial charge in [0.15, 0.2) is 0 Å². The lowest BCUT2D eigenvalue weighted by Gasteiger charge is -2.15. The molecule has 4 nitrogen and oxygen atoms in total. The van der Waals surface area contributed by atoms with E-state index >= 15 is 0 Å². The molecular formula is C17H20ClN3O. The van der Waals surface area contributed by atoms with Gasteiger partial charge in [-0.25, -0.2) is 0 Å². The zero-order valence-corrected chi connectivity index (χ0v) is 13.5. The van der Waals surface area contributed by atoms with Gasteiger partial charge >= 0.3 is 0 Å². The number of benzene rings is 1. The van der Waals surface area contributed by atoms with Crippen LogP contribution in [0.4, 0.5) is 0 Å². The number of likely N-dealkylation sites (tertiary alicyclic amines) is 1. The summed E-state index contributed by atoms with van der Waals surface area (Å²) in [5.41, 5.74) is 1.97. The van der Waals surface area contributed by atoms with Crippen LogP contribution in [0.1, 0.15) is 29.3 Å². The molecule has 1 unspecified atom stereocenters. The third-order valence-electron chi connectivity index (χ3n) is 4.21. The van der Waals surface area contributed by atoms with Crippen molar-refractivity contribution in [3.8, 4) is 0 Å². The molecule has 116 valence electrons. The summed E-state index contributed by atoms with van der Waals surface area (Å²) < 4.78 is 1.79. The molecule has 1 aromatic carbocycles. The quantitative estimate of drug-likeness (QED) is 0.868. The molecule has 0 bridgehead atoms. The maximum atomic E-state index is 12.5. The van der Waals surface area contributed by atoms with Crippen LogP contribution < -0.4 is 0 Å². The number of hydrogen-bond donors (Lipinski definition) is 0. The molecule has 5 heteroatoms. The van der Waals surface area contributed by atoms with Crippen LogP contribution in [0.15, 0.2) is 36.7 Å². The largest absolute Gasteiger partial charge is 0.338 e. The Morgan fingerprint density at radius 2 is 2.14 bits per heavy atom. The molecule has 1 aliphatic heterocycles. The van der Waals surface area contributed by atoms with E-state index in [1.807, 2.05) is 30.2 Å². The van der Waals surface area contributed by atoms with Gasteiger partial charge in [-0.2, -0.15) is 5.10 Å². The summed E-state index contributed by atoms with van der Waals surface area (Å²) in [5.74, 6) is 0.615.